The molecule has 3 rings (SSSR count). The van der Waals surface area contributed by atoms with E-state index in [4.69, 9.17) is 4.74 Å². The molecular formula is C21H26N2O5. The summed E-state index contributed by atoms with van der Waals surface area (Å²) < 4.78 is 5.06. The van der Waals surface area contributed by atoms with Gasteiger partial charge in [-0.15, -0.1) is 0 Å². The zero-order valence-electron chi connectivity index (χ0n) is 16.5. The minimum atomic E-state index is -1.03. The van der Waals surface area contributed by atoms with Crippen LogP contribution >= 0.6 is 0 Å². The lowest BCUT2D eigenvalue weighted by Crippen LogP contribution is -2.45. The molecule has 28 heavy (non-hydrogen) atoms. The van der Waals surface area contributed by atoms with Crippen LogP contribution in [-0.4, -0.2) is 41.2 Å². The number of likely N-dealkylation sites (tertiary alicyclic amines) is 1. The van der Waals surface area contributed by atoms with Crippen molar-refractivity contribution in [2.24, 2.45) is 11.8 Å². The van der Waals surface area contributed by atoms with E-state index in [1.54, 1.807) is 6.07 Å². The van der Waals surface area contributed by atoms with Crippen LogP contribution in [-0.2, 0) is 23.9 Å². The maximum atomic E-state index is 12.6. The first-order valence-corrected chi connectivity index (χ1v) is 9.70. The van der Waals surface area contributed by atoms with Gasteiger partial charge >= 0.3 is 5.97 Å². The number of nitrogens with zero attached hydrogens (tertiary/aromatic N) is 1. The van der Waals surface area contributed by atoms with Crippen molar-refractivity contribution in [2.75, 3.05) is 11.9 Å². The summed E-state index contributed by atoms with van der Waals surface area (Å²) in [6.07, 6.45) is 3.22. The second-order valence-electron chi connectivity index (χ2n) is 7.67. The summed E-state index contributed by atoms with van der Waals surface area (Å²) in [6, 6.07) is 4.47. The highest BCUT2D eigenvalue weighted by Crippen LogP contribution is 2.38. The van der Waals surface area contributed by atoms with Crippen molar-refractivity contribution in [1.82, 2.24) is 4.90 Å². The predicted molar refractivity (Wildman–Crippen MR) is 102 cm³/mol. The SMILES string of the molecule is Cc1ccc(NC(=O)COC(=O)[C@H](C)N2C(=O)[C@H]3CCCC[C@H]3C2=O)cc1C. The molecule has 0 spiro atoms. The number of benzene rings is 1. The van der Waals surface area contributed by atoms with Crippen LogP contribution in [0.3, 0.4) is 0 Å². The highest BCUT2D eigenvalue weighted by Gasteiger charge is 2.51. The summed E-state index contributed by atoms with van der Waals surface area (Å²) in [5, 5.41) is 2.67. The zero-order chi connectivity index (χ0) is 20.4. The Labute approximate surface area is 164 Å². The summed E-state index contributed by atoms with van der Waals surface area (Å²) in [6.45, 7) is 4.91. The van der Waals surface area contributed by atoms with E-state index in [2.05, 4.69) is 5.32 Å². The van der Waals surface area contributed by atoms with Crippen LogP contribution in [0.25, 0.3) is 0 Å². The van der Waals surface area contributed by atoms with Gasteiger partial charge in [-0.1, -0.05) is 18.9 Å². The molecule has 0 aromatic heterocycles. The topological polar surface area (TPSA) is 92.8 Å². The highest BCUT2D eigenvalue weighted by molar-refractivity contribution is 6.08. The Morgan fingerprint density at radius 2 is 1.71 bits per heavy atom. The quantitative estimate of drug-likeness (QED) is 0.619. The van der Waals surface area contributed by atoms with Gasteiger partial charge in [0.2, 0.25) is 11.8 Å². The molecule has 3 amide bonds. The van der Waals surface area contributed by atoms with Gasteiger partial charge in [0.1, 0.15) is 6.04 Å². The van der Waals surface area contributed by atoms with Gasteiger partial charge in [-0.3, -0.25) is 19.3 Å². The molecule has 0 unspecified atom stereocenters. The van der Waals surface area contributed by atoms with Crippen molar-refractivity contribution < 1.29 is 23.9 Å². The van der Waals surface area contributed by atoms with Crippen molar-refractivity contribution in [3.8, 4) is 0 Å². The second-order valence-corrected chi connectivity index (χ2v) is 7.67. The molecule has 1 N–H and O–H groups in total. The molecule has 2 aliphatic rings. The zero-order valence-corrected chi connectivity index (χ0v) is 16.5. The first kappa shape index (κ1) is 20.0. The Kier molecular flexibility index (Phi) is 5.82. The number of amides is 3. The number of esters is 1. The summed E-state index contributed by atoms with van der Waals surface area (Å²) in [5.41, 5.74) is 2.76. The molecule has 0 radical (unpaired) electrons. The van der Waals surface area contributed by atoms with Crippen LogP contribution in [0.2, 0.25) is 0 Å². The Hall–Kier alpha value is -2.70. The number of fused-ring (bicyclic) bond motifs is 1. The van der Waals surface area contributed by atoms with Crippen molar-refractivity contribution in [1.29, 1.82) is 0 Å². The molecule has 7 heteroatoms. The number of aryl methyl sites for hydroxylation is 2. The maximum Gasteiger partial charge on any atom is 0.329 e. The fourth-order valence-corrected chi connectivity index (χ4v) is 3.95. The van der Waals surface area contributed by atoms with Crippen LogP contribution in [0.1, 0.15) is 43.7 Å². The van der Waals surface area contributed by atoms with Crippen LogP contribution in [0, 0.1) is 25.7 Å². The lowest BCUT2D eigenvalue weighted by atomic mass is 9.81. The van der Waals surface area contributed by atoms with Gasteiger partial charge in [0.05, 0.1) is 11.8 Å². The molecule has 1 aliphatic heterocycles. The molecular weight excluding hydrogens is 360 g/mol. The third kappa shape index (κ3) is 3.93. The van der Waals surface area contributed by atoms with Gasteiger partial charge in [0, 0.05) is 5.69 Å². The van der Waals surface area contributed by atoms with Gasteiger partial charge in [-0.2, -0.15) is 0 Å². The van der Waals surface area contributed by atoms with Gasteiger partial charge in [-0.05, 0) is 56.9 Å². The van der Waals surface area contributed by atoms with Crippen molar-refractivity contribution >= 4 is 29.4 Å². The van der Waals surface area contributed by atoms with E-state index in [0.29, 0.717) is 18.5 Å². The fourth-order valence-electron chi connectivity index (χ4n) is 3.95. The summed E-state index contributed by atoms with van der Waals surface area (Å²) >= 11 is 0. The third-order valence-corrected chi connectivity index (χ3v) is 5.74. The average molecular weight is 386 g/mol. The number of nitrogens with one attached hydrogen (secondary N) is 1. The van der Waals surface area contributed by atoms with Gasteiger partial charge in [-0.25, -0.2) is 4.79 Å². The number of ether oxygens (including phenoxy) is 1. The first-order valence-electron chi connectivity index (χ1n) is 9.70. The van der Waals surface area contributed by atoms with E-state index in [0.717, 1.165) is 28.9 Å². The molecule has 1 aromatic carbocycles. The molecule has 1 heterocycles. The van der Waals surface area contributed by atoms with Crippen LogP contribution < -0.4 is 5.32 Å². The molecule has 0 bridgehead atoms. The second kappa shape index (κ2) is 8.12. The largest absolute Gasteiger partial charge is 0.454 e. The third-order valence-electron chi connectivity index (χ3n) is 5.74. The minimum absolute atomic E-state index is 0.293. The Morgan fingerprint density at radius 3 is 2.29 bits per heavy atom. The van der Waals surface area contributed by atoms with Crippen LogP contribution in [0.5, 0.6) is 0 Å². The molecule has 1 saturated carbocycles. The van der Waals surface area contributed by atoms with E-state index in [-0.39, 0.29) is 23.7 Å². The molecule has 1 aromatic rings. The highest BCUT2D eigenvalue weighted by atomic mass is 16.5. The first-order chi connectivity index (χ1) is 13.3. The Bertz CT molecular complexity index is 795. The molecule has 3 atom stereocenters. The van der Waals surface area contributed by atoms with Crippen LogP contribution in [0.4, 0.5) is 5.69 Å². The van der Waals surface area contributed by atoms with E-state index >= 15 is 0 Å². The van der Waals surface area contributed by atoms with E-state index in [9.17, 15) is 19.2 Å². The number of imide groups is 1. The smallest absolute Gasteiger partial charge is 0.329 e. The number of carbonyl (C=O) groups excluding carboxylic acids is 4. The standard InChI is InChI=1S/C21H26N2O5/c1-12-8-9-15(10-13(12)2)22-18(24)11-28-21(27)14(3)23-19(25)16-6-4-5-7-17(16)20(23)26/h8-10,14,16-17H,4-7,11H2,1-3H3,(H,22,24)/t14-,16-,17+/m0/s1. The number of anilines is 1. The van der Waals surface area contributed by atoms with Crippen molar-refractivity contribution in [3.63, 3.8) is 0 Å². The van der Waals surface area contributed by atoms with Crippen LogP contribution in [0.15, 0.2) is 18.2 Å². The molecule has 2 fully saturated rings. The average Bonchev–Trinajstić information content (AvgIpc) is 2.93. The number of carbonyl (C=O) groups is 4. The molecule has 1 aliphatic carbocycles. The summed E-state index contributed by atoms with van der Waals surface area (Å²) in [7, 11) is 0. The van der Waals surface area contributed by atoms with Gasteiger partial charge in [0.15, 0.2) is 6.61 Å². The van der Waals surface area contributed by atoms with Crippen molar-refractivity contribution in [2.45, 2.75) is 52.5 Å². The number of hydrogen-bond donors (Lipinski definition) is 1. The maximum absolute atomic E-state index is 12.6. The summed E-state index contributed by atoms with van der Waals surface area (Å²) in [5.74, 6) is -2.45. The number of rotatable bonds is 5. The lowest BCUT2D eigenvalue weighted by Gasteiger charge is -2.21. The molecule has 1 saturated heterocycles. The van der Waals surface area contributed by atoms with Gasteiger partial charge < -0.3 is 10.1 Å². The molecule has 7 nitrogen and oxygen atoms in total. The Morgan fingerprint density at radius 1 is 1.11 bits per heavy atom. The molecule has 150 valence electrons. The number of hydrogen-bond acceptors (Lipinski definition) is 5. The normalized spacial score (nSPS) is 22.6. The summed E-state index contributed by atoms with van der Waals surface area (Å²) in [4.78, 5) is 50.5. The van der Waals surface area contributed by atoms with E-state index < -0.39 is 24.5 Å². The van der Waals surface area contributed by atoms with E-state index in [1.165, 1.54) is 6.92 Å². The predicted octanol–water partition coefficient (Wildman–Crippen LogP) is 2.35. The Balaban J connectivity index is 1.55. The lowest BCUT2D eigenvalue weighted by molar-refractivity contribution is -0.159. The van der Waals surface area contributed by atoms with Crippen molar-refractivity contribution in [3.05, 3.63) is 29.3 Å². The van der Waals surface area contributed by atoms with E-state index in [1.807, 2.05) is 26.0 Å². The van der Waals surface area contributed by atoms with Gasteiger partial charge in [0.25, 0.3) is 5.91 Å². The monoisotopic (exact) mass is 386 g/mol. The minimum Gasteiger partial charge on any atom is -0.454 e. The fraction of sp³-hybridized carbons (Fsp3) is 0.524.